The van der Waals surface area contributed by atoms with Crippen LogP contribution in [0.1, 0.15) is 18.9 Å². The van der Waals surface area contributed by atoms with Gasteiger partial charge < -0.3 is 19.9 Å². The Morgan fingerprint density at radius 2 is 2.10 bits per heavy atom. The highest BCUT2D eigenvalue weighted by Gasteiger charge is 2.05. The van der Waals surface area contributed by atoms with Crippen molar-refractivity contribution < 1.29 is 14.6 Å². The van der Waals surface area contributed by atoms with Crippen molar-refractivity contribution in [1.82, 2.24) is 5.32 Å². The van der Waals surface area contributed by atoms with Gasteiger partial charge in [-0.1, -0.05) is 29.8 Å². The van der Waals surface area contributed by atoms with Gasteiger partial charge in [-0.2, -0.15) is 0 Å². The second-order valence-corrected chi connectivity index (χ2v) is 4.92. The van der Waals surface area contributed by atoms with Gasteiger partial charge in [-0.15, -0.1) is 0 Å². The summed E-state index contributed by atoms with van der Waals surface area (Å²) in [5.41, 5.74) is 0.936. The van der Waals surface area contributed by atoms with E-state index >= 15 is 0 Å². The summed E-state index contributed by atoms with van der Waals surface area (Å²) in [6.07, 6.45) is 0.436. The second kappa shape index (κ2) is 11.1. The quantitative estimate of drug-likeness (QED) is 0.616. The highest BCUT2D eigenvalue weighted by atomic mass is 35.5. The lowest BCUT2D eigenvalue weighted by Crippen LogP contribution is -2.31. The van der Waals surface area contributed by atoms with Crippen LogP contribution in [0.2, 0.25) is 5.02 Å². The summed E-state index contributed by atoms with van der Waals surface area (Å²) in [4.78, 5) is 0. The van der Waals surface area contributed by atoms with Crippen LogP contribution in [0.3, 0.4) is 0 Å². The molecule has 1 atom stereocenters. The van der Waals surface area contributed by atoms with Gasteiger partial charge in [-0.3, -0.25) is 0 Å². The third kappa shape index (κ3) is 7.82. The SMILES string of the molecule is CCOCCCNCC(O)COCc1ccccc1Cl. The van der Waals surface area contributed by atoms with Crippen molar-refractivity contribution in [1.29, 1.82) is 0 Å². The lowest BCUT2D eigenvalue weighted by molar-refractivity contribution is 0.0287. The molecule has 5 heteroatoms. The Hall–Kier alpha value is -0.650. The fourth-order valence-electron chi connectivity index (χ4n) is 1.69. The lowest BCUT2D eigenvalue weighted by atomic mass is 10.2. The van der Waals surface area contributed by atoms with Gasteiger partial charge in [0.25, 0.3) is 0 Å². The molecular weight excluding hydrogens is 278 g/mol. The number of aliphatic hydroxyl groups excluding tert-OH is 1. The van der Waals surface area contributed by atoms with E-state index < -0.39 is 6.10 Å². The number of ether oxygens (including phenoxy) is 2. The highest BCUT2D eigenvalue weighted by Crippen LogP contribution is 2.15. The first-order valence-electron chi connectivity index (χ1n) is 7.01. The molecular formula is C15H24ClNO3. The monoisotopic (exact) mass is 301 g/mol. The molecule has 0 saturated carbocycles. The average molecular weight is 302 g/mol. The van der Waals surface area contributed by atoms with Gasteiger partial charge in [0.05, 0.1) is 19.3 Å². The highest BCUT2D eigenvalue weighted by molar-refractivity contribution is 6.31. The fraction of sp³-hybridized carbons (Fsp3) is 0.600. The zero-order valence-electron chi connectivity index (χ0n) is 12.0. The molecule has 2 N–H and O–H groups in total. The molecule has 1 unspecified atom stereocenters. The van der Waals surface area contributed by atoms with Crippen LogP contribution in [0.5, 0.6) is 0 Å². The zero-order valence-corrected chi connectivity index (χ0v) is 12.7. The van der Waals surface area contributed by atoms with E-state index in [0.717, 1.165) is 31.7 Å². The smallest absolute Gasteiger partial charge is 0.0897 e. The maximum atomic E-state index is 9.75. The second-order valence-electron chi connectivity index (χ2n) is 4.51. The normalized spacial score (nSPS) is 12.6. The molecule has 0 radical (unpaired) electrons. The number of benzene rings is 1. The molecule has 0 amide bonds. The van der Waals surface area contributed by atoms with E-state index in [1.54, 1.807) is 0 Å². The van der Waals surface area contributed by atoms with Gasteiger partial charge in [-0.25, -0.2) is 0 Å². The van der Waals surface area contributed by atoms with Crippen molar-refractivity contribution >= 4 is 11.6 Å². The number of aliphatic hydroxyl groups is 1. The van der Waals surface area contributed by atoms with Crippen molar-refractivity contribution in [2.24, 2.45) is 0 Å². The van der Waals surface area contributed by atoms with Gasteiger partial charge in [0, 0.05) is 24.8 Å². The molecule has 0 heterocycles. The Morgan fingerprint density at radius 1 is 1.30 bits per heavy atom. The van der Waals surface area contributed by atoms with Crippen molar-refractivity contribution in [2.45, 2.75) is 26.1 Å². The number of rotatable bonds is 11. The molecule has 4 nitrogen and oxygen atoms in total. The Kier molecular flexibility index (Phi) is 9.62. The van der Waals surface area contributed by atoms with E-state index in [1.165, 1.54) is 0 Å². The third-order valence-corrected chi connectivity index (χ3v) is 3.12. The van der Waals surface area contributed by atoms with Crippen LogP contribution in [0, 0.1) is 0 Å². The van der Waals surface area contributed by atoms with Crippen LogP contribution in [0.25, 0.3) is 0 Å². The Labute approximate surface area is 126 Å². The largest absolute Gasteiger partial charge is 0.389 e. The molecule has 0 spiro atoms. The van der Waals surface area contributed by atoms with Crippen molar-refractivity contribution in [2.75, 3.05) is 32.9 Å². The van der Waals surface area contributed by atoms with E-state index in [4.69, 9.17) is 21.1 Å². The molecule has 0 aromatic heterocycles. The zero-order chi connectivity index (χ0) is 14.6. The van der Waals surface area contributed by atoms with Crippen molar-refractivity contribution in [3.63, 3.8) is 0 Å². The van der Waals surface area contributed by atoms with Crippen LogP contribution < -0.4 is 5.32 Å². The van der Waals surface area contributed by atoms with Crippen molar-refractivity contribution in [3.05, 3.63) is 34.9 Å². The minimum absolute atomic E-state index is 0.295. The summed E-state index contributed by atoms with van der Waals surface area (Å²) < 4.78 is 10.7. The maximum Gasteiger partial charge on any atom is 0.0897 e. The average Bonchev–Trinajstić information content (AvgIpc) is 2.45. The lowest BCUT2D eigenvalue weighted by Gasteiger charge is -2.13. The van der Waals surface area contributed by atoms with E-state index in [9.17, 15) is 5.11 Å². The Morgan fingerprint density at radius 3 is 2.85 bits per heavy atom. The number of halogens is 1. The van der Waals surface area contributed by atoms with Crippen LogP contribution in [-0.2, 0) is 16.1 Å². The van der Waals surface area contributed by atoms with Crippen LogP contribution in [-0.4, -0.2) is 44.1 Å². The number of hydrogen-bond acceptors (Lipinski definition) is 4. The van der Waals surface area contributed by atoms with Gasteiger partial charge in [0.15, 0.2) is 0 Å². The molecule has 0 aliphatic rings. The van der Waals surface area contributed by atoms with Gasteiger partial charge in [-0.05, 0) is 31.5 Å². The first-order chi connectivity index (χ1) is 9.74. The number of nitrogens with one attached hydrogen (secondary N) is 1. The van der Waals surface area contributed by atoms with Crippen LogP contribution >= 0.6 is 11.6 Å². The van der Waals surface area contributed by atoms with Gasteiger partial charge in [0.1, 0.15) is 0 Å². The Bertz CT molecular complexity index is 363. The van der Waals surface area contributed by atoms with Gasteiger partial charge >= 0.3 is 0 Å². The minimum atomic E-state index is -0.510. The summed E-state index contributed by atoms with van der Waals surface area (Å²) >= 11 is 6.02. The first-order valence-corrected chi connectivity index (χ1v) is 7.39. The van der Waals surface area contributed by atoms with Crippen LogP contribution in [0.4, 0.5) is 0 Å². The molecule has 1 aromatic rings. The predicted molar refractivity (Wildman–Crippen MR) is 81.1 cm³/mol. The maximum absolute atomic E-state index is 9.75. The van der Waals surface area contributed by atoms with E-state index in [2.05, 4.69) is 5.32 Å². The molecule has 0 fully saturated rings. The fourth-order valence-corrected chi connectivity index (χ4v) is 1.88. The molecule has 20 heavy (non-hydrogen) atoms. The number of hydrogen-bond donors (Lipinski definition) is 2. The van der Waals surface area contributed by atoms with Crippen molar-refractivity contribution in [3.8, 4) is 0 Å². The third-order valence-electron chi connectivity index (χ3n) is 2.75. The summed E-state index contributed by atoms with van der Waals surface area (Å²) in [7, 11) is 0. The summed E-state index contributed by atoms with van der Waals surface area (Å²) in [5.74, 6) is 0. The molecule has 0 saturated heterocycles. The summed E-state index contributed by atoms with van der Waals surface area (Å²) in [6.45, 7) is 5.55. The summed E-state index contributed by atoms with van der Waals surface area (Å²) in [5, 5.41) is 13.6. The first kappa shape index (κ1) is 17.4. The molecule has 0 bridgehead atoms. The van der Waals surface area contributed by atoms with E-state index in [0.29, 0.717) is 24.8 Å². The van der Waals surface area contributed by atoms with E-state index in [1.807, 2.05) is 31.2 Å². The van der Waals surface area contributed by atoms with E-state index in [-0.39, 0.29) is 0 Å². The Balaban J connectivity index is 2.03. The molecule has 0 aliphatic heterocycles. The minimum Gasteiger partial charge on any atom is -0.389 e. The topological polar surface area (TPSA) is 50.7 Å². The molecule has 0 aliphatic carbocycles. The van der Waals surface area contributed by atoms with Gasteiger partial charge in [0.2, 0.25) is 0 Å². The standard InChI is InChI=1S/C15H24ClNO3/c1-2-19-9-5-8-17-10-14(18)12-20-11-13-6-3-4-7-15(13)16/h3-4,6-7,14,17-18H,2,5,8-12H2,1H3. The predicted octanol–water partition coefficient (Wildman–Crippen LogP) is 2.23. The molecule has 1 aromatic carbocycles. The summed E-state index contributed by atoms with van der Waals surface area (Å²) in [6, 6.07) is 7.55. The molecule has 114 valence electrons. The molecule has 1 rings (SSSR count). The van der Waals surface area contributed by atoms with Crippen LogP contribution in [0.15, 0.2) is 24.3 Å².